The van der Waals surface area contributed by atoms with Crippen LogP contribution in [0.3, 0.4) is 0 Å². The molecule has 0 amide bonds. The second-order valence-electron chi connectivity index (χ2n) is 8.46. The van der Waals surface area contributed by atoms with Gasteiger partial charge in [-0.3, -0.25) is 9.69 Å². The van der Waals surface area contributed by atoms with E-state index in [9.17, 15) is 23.1 Å². The van der Waals surface area contributed by atoms with Gasteiger partial charge in [0.05, 0.1) is 29.8 Å². The Hall–Kier alpha value is -3.24. The van der Waals surface area contributed by atoms with Crippen LogP contribution in [0.1, 0.15) is 32.1 Å². The lowest BCUT2D eigenvalue weighted by Gasteiger charge is -2.35. The summed E-state index contributed by atoms with van der Waals surface area (Å²) in [6, 6.07) is 8.61. The Morgan fingerprint density at radius 3 is 2.37 bits per heavy atom. The molecule has 2 aromatic carbocycles. The third kappa shape index (κ3) is 5.23. The van der Waals surface area contributed by atoms with E-state index in [0.717, 1.165) is 0 Å². The largest absolute Gasteiger partial charge is 0.507 e. The number of phenols is 1. The molecular weight excluding hydrogens is 467 g/mol. The molecule has 2 atom stereocenters. The van der Waals surface area contributed by atoms with Crippen LogP contribution in [0.2, 0.25) is 0 Å². The predicted molar refractivity (Wildman–Crippen MR) is 122 cm³/mol. The van der Waals surface area contributed by atoms with Crippen LogP contribution in [0.5, 0.6) is 23.0 Å². The van der Waals surface area contributed by atoms with Gasteiger partial charge in [0, 0.05) is 19.6 Å². The Kier molecular flexibility index (Phi) is 6.95. The second-order valence-corrected chi connectivity index (χ2v) is 8.46. The van der Waals surface area contributed by atoms with Crippen LogP contribution in [-0.4, -0.2) is 41.9 Å². The summed E-state index contributed by atoms with van der Waals surface area (Å²) in [4.78, 5) is 15.2. The topological polar surface area (TPSA) is 81.4 Å². The molecule has 7 nitrogen and oxygen atoms in total. The molecule has 0 radical (unpaired) electrons. The van der Waals surface area contributed by atoms with Crippen molar-refractivity contribution in [2.45, 2.75) is 45.7 Å². The number of rotatable bonds is 6. The molecule has 0 unspecified atom stereocenters. The molecule has 0 aliphatic carbocycles. The van der Waals surface area contributed by atoms with Crippen molar-refractivity contribution in [3.05, 3.63) is 57.9 Å². The van der Waals surface area contributed by atoms with Gasteiger partial charge in [0.25, 0.3) is 5.76 Å². The lowest BCUT2D eigenvalue weighted by molar-refractivity contribution is -0.154. The number of para-hydroxylation sites is 2. The monoisotopic (exact) mass is 493 g/mol. The lowest BCUT2D eigenvalue weighted by Crippen LogP contribution is -2.44. The van der Waals surface area contributed by atoms with Crippen molar-refractivity contribution in [2.24, 2.45) is 0 Å². The summed E-state index contributed by atoms with van der Waals surface area (Å²) in [5.74, 6) is -2.72. The van der Waals surface area contributed by atoms with Crippen molar-refractivity contribution < 1.29 is 36.9 Å². The summed E-state index contributed by atoms with van der Waals surface area (Å²) in [7, 11) is 0. The van der Waals surface area contributed by atoms with Crippen LogP contribution in [-0.2, 0) is 17.5 Å². The van der Waals surface area contributed by atoms with E-state index in [1.807, 2.05) is 18.7 Å². The lowest BCUT2D eigenvalue weighted by atomic mass is 10.1. The van der Waals surface area contributed by atoms with E-state index in [4.69, 9.17) is 18.6 Å². The van der Waals surface area contributed by atoms with Crippen LogP contribution in [0, 0.1) is 0 Å². The fraction of sp³-hybridized carbons (Fsp3) is 0.400. The molecule has 188 valence electrons. The molecular formula is C25H26F3NO6. The molecule has 2 heterocycles. The number of halogens is 3. The fourth-order valence-electron chi connectivity index (χ4n) is 4.28. The van der Waals surface area contributed by atoms with E-state index in [2.05, 4.69) is 0 Å². The molecule has 0 bridgehead atoms. The maximum absolute atomic E-state index is 14.1. The zero-order valence-corrected chi connectivity index (χ0v) is 19.5. The van der Waals surface area contributed by atoms with Gasteiger partial charge in [-0.1, -0.05) is 12.1 Å². The van der Waals surface area contributed by atoms with Crippen molar-refractivity contribution in [3.63, 3.8) is 0 Å². The molecule has 3 aromatic rings. The maximum Gasteiger partial charge on any atom is 0.453 e. The minimum atomic E-state index is -5.03. The molecule has 10 heteroatoms. The van der Waals surface area contributed by atoms with Crippen LogP contribution >= 0.6 is 0 Å². The smallest absolute Gasteiger partial charge is 0.453 e. The number of nitrogens with zero attached hydrogens (tertiary/aromatic N) is 1. The Labute approximate surface area is 199 Å². The standard InChI is InChI=1S/C25H26F3NO6/c1-4-32-19-7-5-6-8-20(19)34-23-21(31)16-9-10-18(30)17(22(16)35-24(23)25(26,27)28)13-29-11-14(2)33-15(3)12-29/h5-10,14-15,30H,4,11-13H2,1-3H3/t14-,15+. The molecule has 0 spiro atoms. The first kappa shape index (κ1) is 24.9. The Morgan fingerprint density at radius 2 is 1.74 bits per heavy atom. The minimum Gasteiger partial charge on any atom is -0.507 e. The third-order valence-electron chi connectivity index (χ3n) is 5.59. The minimum absolute atomic E-state index is 0.0539. The van der Waals surface area contributed by atoms with Crippen LogP contribution < -0.4 is 14.9 Å². The number of phenolic OH excluding ortho intramolecular Hbond substituents is 1. The summed E-state index contributed by atoms with van der Waals surface area (Å²) in [5.41, 5.74) is -1.25. The molecule has 1 N–H and O–H groups in total. The molecule has 0 saturated carbocycles. The maximum atomic E-state index is 14.1. The first-order valence-electron chi connectivity index (χ1n) is 11.2. The number of aromatic hydroxyl groups is 1. The van der Waals surface area contributed by atoms with Crippen LogP contribution in [0.25, 0.3) is 11.0 Å². The van der Waals surface area contributed by atoms with Gasteiger partial charge in [-0.05, 0) is 45.0 Å². The van der Waals surface area contributed by atoms with Gasteiger partial charge in [-0.25, -0.2) is 0 Å². The third-order valence-corrected chi connectivity index (χ3v) is 5.59. The number of fused-ring (bicyclic) bond motifs is 1. The van der Waals surface area contributed by atoms with Crippen LogP contribution in [0.4, 0.5) is 13.2 Å². The second kappa shape index (κ2) is 9.79. The number of ether oxygens (including phenoxy) is 3. The highest BCUT2D eigenvalue weighted by Crippen LogP contribution is 2.41. The number of hydrogen-bond donors (Lipinski definition) is 1. The molecule has 1 aromatic heterocycles. The van der Waals surface area contributed by atoms with Gasteiger partial charge in [0.2, 0.25) is 11.2 Å². The van der Waals surface area contributed by atoms with Crippen molar-refractivity contribution in [2.75, 3.05) is 19.7 Å². The van der Waals surface area contributed by atoms with E-state index in [1.54, 1.807) is 19.1 Å². The average Bonchev–Trinajstić information content (AvgIpc) is 2.77. The van der Waals surface area contributed by atoms with Gasteiger partial charge >= 0.3 is 6.18 Å². The van der Waals surface area contributed by atoms with E-state index in [0.29, 0.717) is 13.1 Å². The normalized spacial score (nSPS) is 19.1. The molecule has 4 rings (SSSR count). The molecule has 1 saturated heterocycles. The Balaban J connectivity index is 1.85. The summed E-state index contributed by atoms with van der Waals surface area (Å²) < 4.78 is 64.1. The van der Waals surface area contributed by atoms with E-state index in [1.165, 1.54) is 24.3 Å². The van der Waals surface area contributed by atoms with E-state index >= 15 is 0 Å². The highest BCUT2D eigenvalue weighted by molar-refractivity contribution is 5.83. The summed E-state index contributed by atoms with van der Waals surface area (Å²) >= 11 is 0. The van der Waals surface area contributed by atoms with Gasteiger partial charge in [-0.15, -0.1) is 0 Å². The molecule has 35 heavy (non-hydrogen) atoms. The molecule has 1 aliphatic rings. The van der Waals surface area contributed by atoms with E-state index in [-0.39, 0.29) is 59.1 Å². The van der Waals surface area contributed by atoms with Gasteiger partial charge in [-0.2, -0.15) is 13.2 Å². The summed E-state index contributed by atoms with van der Waals surface area (Å²) in [6.45, 7) is 6.83. The Bertz CT molecular complexity index is 1260. The van der Waals surface area contributed by atoms with Crippen molar-refractivity contribution >= 4 is 11.0 Å². The number of benzene rings is 2. The Morgan fingerprint density at radius 1 is 1.09 bits per heavy atom. The van der Waals surface area contributed by atoms with Gasteiger partial charge < -0.3 is 23.7 Å². The highest BCUT2D eigenvalue weighted by atomic mass is 19.4. The quantitative estimate of drug-likeness (QED) is 0.498. The summed E-state index contributed by atoms with van der Waals surface area (Å²) in [6.07, 6.45) is -5.23. The SMILES string of the molecule is CCOc1ccccc1Oc1c(C(F)(F)F)oc2c(CN3C[C@@H](C)O[C@@H](C)C3)c(O)ccc2c1=O. The first-order valence-corrected chi connectivity index (χ1v) is 11.2. The number of hydrogen-bond acceptors (Lipinski definition) is 7. The average molecular weight is 493 g/mol. The van der Waals surface area contributed by atoms with E-state index < -0.39 is 23.1 Å². The van der Waals surface area contributed by atoms with Gasteiger partial charge in [0.1, 0.15) is 11.3 Å². The molecule has 1 aliphatic heterocycles. The number of morpholine rings is 1. The zero-order chi connectivity index (χ0) is 25.3. The predicted octanol–water partition coefficient (Wildman–Crippen LogP) is 5.32. The van der Waals surface area contributed by atoms with Crippen molar-refractivity contribution in [1.82, 2.24) is 4.90 Å². The number of alkyl halides is 3. The first-order chi connectivity index (χ1) is 16.6. The zero-order valence-electron chi connectivity index (χ0n) is 19.5. The fourth-order valence-corrected chi connectivity index (χ4v) is 4.28. The summed E-state index contributed by atoms with van der Waals surface area (Å²) in [5, 5.41) is 10.4. The highest BCUT2D eigenvalue weighted by Gasteiger charge is 2.41. The van der Waals surface area contributed by atoms with Crippen molar-refractivity contribution in [1.29, 1.82) is 0 Å². The molecule has 1 fully saturated rings. The van der Waals surface area contributed by atoms with Crippen LogP contribution in [0.15, 0.2) is 45.6 Å². The van der Waals surface area contributed by atoms with Gasteiger partial charge in [0.15, 0.2) is 11.5 Å². The van der Waals surface area contributed by atoms with Crippen molar-refractivity contribution in [3.8, 4) is 23.0 Å².